The second-order valence-corrected chi connectivity index (χ2v) is 17.6. The van der Waals surface area contributed by atoms with Gasteiger partial charge >= 0.3 is 0 Å². The molecule has 4 aromatic heterocycles. The smallest absolute Gasteiger partial charge is 0.238 e. The van der Waals surface area contributed by atoms with Crippen molar-refractivity contribution >= 4 is 65.4 Å². The van der Waals surface area contributed by atoms with Crippen molar-refractivity contribution in [1.82, 2.24) is 28.7 Å². The van der Waals surface area contributed by atoms with E-state index >= 15 is 0 Å². The molecule has 0 aliphatic heterocycles. The fourth-order valence-electron chi connectivity index (χ4n) is 10.6. The molecule has 69 heavy (non-hydrogen) atoms. The lowest BCUT2D eigenvalue weighted by Crippen LogP contribution is -2.08. The van der Waals surface area contributed by atoms with Crippen LogP contribution in [0.25, 0.3) is 128 Å². The zero-order valence-corrected chi connectivity index (χ0v) is 37.3. The predicted octanol–water partition coefficient (Wildman–Crippen LogP) is 15.8. The van der Waals surface area contributed by atoms with E-state index in [2.05, 4.69) is 232 Å². The van der Waals surface area contributed by atoms with E-state index in [-0.39, 0.29) is 0 Å². The average Bonchev–Trinajstić information content (AvgIpc) is 4.07. The second kappa shape index (κ2) is 15.6. The van der Waals surface area contributed by atoms with Crippen LogP contribution in [-0.4, -0.2) is 28.7 Å². The maximum atomic E-state index is 5.48. The van der Waals surface area contributed by atoms with Crippen molar-refractivity contribution in [2.75, 3.05) is 0 Å². The molecular weight excluding hydrogens is 841 g/mol. The molecular formula is C63H40N6. The van der Waals surface area contributed by atoms with Crippen molar-refractivity contribution in [3.05, 3.63) is 243 Å². The van der Waals surface area contributed by atoms with Crippen LogP contribution in [0, 0.1) is 0 Å². The molecule has 6 heteroatoms. The van der Waals surface area contributed by atoms with E-state index in [9.17, 15) is 0 Å². The van der Waals surface area contributed by atoms with Crippen molar-refractivity contribution < 1.29 is 0 Å². The molecule has 322 valence electrons. The van der Waals surface area contributed by atoms with Crippen LogP contribution < -0.4 is 0 Å². The summed E-state index contributed by atoms with van der Waals surface area (Å²) >= 11 is 0. The van der Waals surface area contributed by atoms with Gasteiger partial charge in [0.2, 0.25) is 5.95 Å². The third-order valence-corrected chi connectivity index (χ3v) is 13.7. The number of benzene rings is 10. The zero-order chi connectivity index (χ0) is 45.4. The summed E-state index contributed by atoms with van der Waals surface area (Å²) in [5.41, 5.74) is 15.0. The number of aromatic nitrogens is 6. The second-order valence-electron chi connectivity index (χ2n) is 17.6. The van der Waals surface area contributed by atoms with E-state index in [0.717, 1.165) is 83.1 Å². The third kappa shape index (κ3) is 6.16. The minimum Gasteiger partial charge on any atom is -0.309 e. The lowest BCUT2D eigenvalue weighted by Gasteiger charge is -2.16. The van der Waals surface area contributed by atoms with Crippen LogP contribution in [0.4, 0.5) is 0 Å². The summed E-state index contributed by atoms with van der Waals surface area (Å²) in [6, 6.07) is 86.3. The van der Waals surface area contributed by atoms with Gasteiger partial charge in [0.1, 0.15) is 0 Å². The molecule has 0 fully saturated rings. The molecule has 0 unspecified atom stereocenters. The Morgan fingerprint density at radius 1 is 0.261 bits per heavy atom. The Hall–Kier alpha value is -9.39. The molecule has 0 bridgehead atoms. The van der Waals surface area contributed by atoms with E-state index in [1.807, 2.05) is 24.3 Å². The molecule has 0 aliphatic carbocycles. The van der Waals surface area contributed by atoms with Gasteiger partial charge in [0.15, 0.2) is 11.6 Å². The Bertz CT molecular complexity index is 4230. The number of rotatable bonds is 7. The number of fused-ring (bicyclic) bond motifs is 10. The van der Waals surface area contributed by atoms with E-state index in [4.69, 9.17) is 15.0 Å². The van der Waals surface area contributed by atoms with Crippen molar-refractivity contribution in [2.24, 2.45) is 0 Å². The molecule has 14 aromatic rings. The van der Waals surface area contributed by atoms with Gasteiger partial charge < -0.3 is 9.13 Å². The summed E-state index contributed by atoms with van der Waals surface area (Å²) in [7, 11) is 0. The highest BCUT2D eigenvalue weighted by atomic mass is 15.2. The van der Waals surface area contributed by atoms with Gasteiger partial charge in [-0.15, -0.1) is 0 Å². The topological polar surface area (TPSA) is 53.5 Å². The Morgan fingerprint density at radius 2 is 0.681 bits per heavy atom. The minimum absolute atomic E-state index is 0.540. The molecule has 0 spiro atoms. The molecule has 4 heterocycles. The van der Waals surface area contributed by atoms with Gasteiger partial charge in [0, 0.05) is 49.1 Å². The average molecular weight is 881 g/mol. The molecule has 0 amide bonds. The molecule has 0 saturated carbocycles. The number of nitrogens with zero attached hydrogens (tertiary/aromatic N) is 6. The first-order chi connectivity index (χ1) is 34.2. The number of hydrogen-bond acceptors (Lipinski definition) is 3. The zero-order valence-electron chi connectivity index (χ0n) is 37.3. The molecule has 14 rings (SSSR count). The van der Waals surface area contributed by atoms with E-state index in [0.29, 0.717) is 17.6 Å². The van der Waals surface area contributed by atoms with Crippen LogP contribution in [0.1, 0.15) is 0 Å². The number of hydrogen-bond donors (Lipinski definition) is 0. The van der Waals surface area contributed by atoms with Gasteiger partial charge in [-0.1, -0.05) is 200 Å². The molecule has 0 N–H and O–H groups in total. The summed E-state index contributed by atoms with van der Waals surface area (Å²) in [5, 5.41) is 6.94. The summed E-state index contributed by atoms with van der Waals surface area (Å²) in [5.74, 6) is 1.74. The van der Waals surface area contributed by atoms with Crippen molar-refractivity contribution in [3.8, 4) is 62.4 Å². The Balaban J connectivity index is 1.14. The van der Waals surface area contributed by atoms with Crippen molar-refractivity contribution in [2.45, 2.75) is 0 Å². The van der Waals surface area contributed by atoms with Crippen molar-refractivity contribution in [1.29, 1.82) is 0 Å². The maximum Gasteiger partial charge on any atom is 0.238 e. The van der Waals surface area contributed by atoms with Crippen LogP contribution in [-0.2, 0) is 0 Å². The monoisotopic (exact) mass is 880 g/mol. The largest absolute Gasteiger partial charge is 0.309 e. The summed E-state index contributed by atoms with van der Waals surface area (Å²) in [4.78, 5) is 16.1. The van der Waals surface area contributed by atoms with Crippen LogP contribution in [0.15, 0.2) is 243 Å². The summed E-state index contributed by atoms with van der Waals surface area (Å²) in [6.45, 7) is 0. The molecule has 0 aliphatic rings. The third-order valence-electron chi connectivity index (χ3n) is 13.7. The van der Waals surface area contributed by atoms with Gasteiger partial charge in [-0.3, -0.25) is 4.57 Å². The van der Waals surface area contributed by atoms with Gasteiger partial charge in [-0.25, -0.2) is 4.98 Å². The first kappa shape index (κ1) is 38.8. The first-order valence-corrected chi connectivity index (χ1v) is 23.4. The molecule has 0 saturated heterocycles. The highest BCUT2D eigenvalue weighted by molar-refractivity contribution is 6.31. The summed E-state index contributed by atoms with van der Waals surface area (Å²) in [6.07, 6.45) is 0. The summed E-state index contributed by atoms with van der Waals surface area (Å²) < 4.78 is 7.20. The lowest BCUT2D eigenvalue weighted by molar-refractivity contribution is 0.950. The predicted molar refractivity (Wildman–Crippen MR) is 285 cm³/mol. The van der Waals surface area contributed by atoms with Crippen molar-refractivity contribution in [3.63, 3.8) is 0 Å². The fourth-order valence-corrected chi connectivity index (χ4v) is 10.6. The molecule has 6 nitrogen and oxygen atoms in total. The van der Waals surface area contributed by atoms with Crippen LogP contribution in [0.3, 0.4) is 0 Å². The van der Waals surface area contributed by atoms with Gasteiger partial charge in [0.05, 0.1) is 38.8 Å². The quantitative estimate of drug-likeness (QED) is 0.160. The first-order valence-electron chi connectivity index (χ1n) is 23.4. The van der Waals surface area contributed by atoms with Gasteiger partial charge in [-0.05, 0) is 64.7 Å². The van der Waals surface area contributed by atoms with Gasteiger partial charge in [0.25, 0.3) is 0 Å². The normalized spacial score (nSPS) is 11.8. The highest BCUT2D eigenvalue weighted by Crippen LogP contribution is 2.47. The van der Waals surface area contributed by atoms with E-state index in [1.165, 1.54) is 27.1 Å². The van der Waals surface area contributed by atoms with Crippen LogP contribution >= 0.6 is 0 Å². The SMILES string of the molecule is c1ccc(-c2ccc(-c3nc(-c4ccccc4)nc(-n4c5ccccc5c5c6c7ccccc7n(-c7cccc(-c8ccccc8)c7)c6cc(-n6c7ccccc7c7ccccc76)c54)n3)cc2)cc1. The lowest BCUT2D eigenvalue weighted by atomic mass is 10.0. The maximum absolute atomic E-state index is 5.48. The van der Waals surface area contributed by atoms with Crippen LogP contribution in [0.5, 0.6) is 0 Å². The van der Waals surface area contributed by atoms with E-state index in [1.54, 1.807) is 0 Å². The highest BCUT2D eigenvalue weighted by Gasteiger charge is 2.27. The Morgan fingerprint density at radius 3 is 1.28 bits per heavy atom. The van der Waals surface area contributed by atoms with Crippen LogP contribution in [0.2, 0.25) is 0 Å². The number of para-hydroxylation sites is 4. The standard InChI is InChI=1S/C63H40N6/c1-4-19-41(20-5-1)43-35-37-45(38-36-43)62-64-61(44-23-8-3-9-24-44)65-63(66-62)69-55-34-17-13-30-51(55)59-58-50-29-12-16-33-54(50)67(47-26-18-25-46(39-47)42-21-6-2-7-22-42)56(58)40-57(60(59)69)68-52-31-14-10-27-48(52)49-28-11-15-32-53(49)68/h1-40H. The molecule has 10 aromatic carbocycles. The Kier molecular flexibility index (Phi) is 8.79. The minimum atomic E-state index is 0.540. The van der Waals surface area contributed by atoms with Gasteiger partial charge in [-0.2, -0.15) is 9.97 Å². The Labute approximate surface area is 397 Å². The molecule has 0 atom stereocenters. The van der Waals surface area contributed by atoms with E-state index < -0.39 is 0 Å². The fraction of sp³-hybridized carbons (Fsp3) is 0. The molecule has 0 radical (unpaired) electrons.